The Morgan fingerprint density at radius 1 is 1.50 bits per heavy atom. The van der Waals surface area contributed by atoms with Gasteiger partial charge < -0.3 is 5.32 Å². The second-order valence-corrected chi connectivity index (χ2v) is 5.83. The summed E-state index contributed by atoms with van der Waals surface area (Å²) >= 11 is 5.27. The van der Waals surface area contributed by atoms with Gasteiger partial charge in [-0.2, -0.15) is 5.10 Å². The summed E-state index contributed by atoms with van der Waals surface area (Å²) in [5.74, 6) is 1.04. The number of nitrogens with one attached hydrogen (secondary N) is 1. The molecule has 0 aromatic carbocycles. The molecule has 0 saturated carbocycles. The maximum Gasteiger partial charge on any atom is 0.138 e. The van der Waals surface area contributed by atoms with Crippen LogP contribution in [-0.2, 0) is 13.0 Å². The monoisotopic (exact) mass is 328 g/mol. The van der Waals surface area contributed by atoms with Crippen molar-refractivity contribution in [2.24, 2.45) is 0 Å². The highest BCUT2D eigenvalue weighted by molar-refractivity contribution is 9.10. The molecule has 4 nitrogen and oxygen atoms in total. The highest BCUT2D eigenvalue weighted by Crippen LogP contribution is 2.27. The molecule has 18 heavy (non-hydrogen) atoms. The van der Waals surface area contributed by atoms with E-state index in [9.17, 15) is 0 Å². The Balaban J connectivity index is 2.16. The Labute approximate surface area is 120 Å². The first-order valence-corrected chi connectivity index (χ1v) is 7.75. The Bertz CT molecular complexity index is 494. The summed E-state index contributed by atoms with van der Waals surface area (Å²) in [7, 11) is 0. The van der Waals surface area contributed by atoms with Gasteiger partial charge in [0.1, 0.15) is 12.2 Å². The van der Waals surface area contributed by atoms with E-state index < -0.39 is 0 Å². The third-order valence-corrected chi connectivity index (χ3v) is 4.57. The molecule has 0 radical (unpaired) electrons. The summed E-state index contributed by atoms with van der Waals surface area (Å²) in [6.07, 6.45) is 2.50. The molecule has 0 spiro atoms. The first-order chi connectivity index (χ1) is 8.74. The number of hydrogen-bond acceptors (Lipinski definition) is 4. The molecule has 2 heterocycles. The lowest BCUT2D eigenvalue weighted by Crippen LogP contribution is -2.23. The molecule has 6 heteroatoms. The van der Waals surface area contributed by atoms with E-state index >= 15 is 0 Å². The first kappa shape index (κ1) is 13.7. The molecule has 2 aromatic rings. The lowest BCUT2D eigenvalue weighted by Gasteiger charge is -2.16. The van der Waals surface area contributed by atoms with Crippen molar-refractivity contribution in [3.05, 3.63) is 32.9 Å². The zero-order chi connectivity index (χ0) is 13.0. The average molecular weight is 329 g/mol. The summed E-state index contributed by atoms with van der Waals surface area (Å²) in [4.78, 5) is 5.67. The van der Waals surface area contributed by atoms with Gasteiger partial charge in [0, 0.05) is 33.7 Å². The molecule has 0 amide bonds. The van der Waals surface area contributed by atoms with Crippen LogP contribution in [0.3, 0.4) is 0 Å². The molecule has 0 aliphatic rings. The summed E-state index contributed by atoms with van der Waals surface area (Å²) in [5.41, 5.74) is 0. The van der Waals surface area contributed by atoms with Crippen molar-refractivity contribution in [1.82, 2.24) is 20.1 Å². The standard InChI is InChI=1S/C12H17BrN4S/c1-3-14-10(11-5-9(13)7-18-11)6-12-15-8-16-17(12)4-2/h5,7-8,10,14H,3-4,6H2,1-2H3. The van der Waals surface area contributed by atoms with Gasteiger partial charge >= 0.3 is 0 Å². The number of rotatable bonds is 6. The Hall–Kier alpha value is -0.720. The van der Waals surface area contributed by atoms with E-state index in [1.165, 1.54) is 4.88 Å². The average Bonchev–Trinajstić information content (AvgIpc) is 2.97. The largest absolute Gasteiger partial charge is 0.309 e. The van der Waals surface area contributed by atoms with Crippen molar-refractivity contribution in [2.45, 2.75) is 32.9 Å². The third kappa shape index (κ3) is 3.18. The van der Waals surface area contributed by atoms with E-state index in [1.54, 1.807) is 17.7 Å². The molecule has 0 fully saturated rings. The Kier molecular flexibility index (Phi) is 4.91. The fourth-order valence-electron chi connectivity index (χ4n) is 1.92. The van der Waals surface area contributed by atoms with Crippen LogP contribution in [0.2, 0.25) is 0 Å². The number of hydrogen-bond donors (Lipinski definition) is 1. The van der Waals surface area contributed by atoms with E-state index in [-0.39, 0.29) is 0 Å². The molecular formula is C12H17BrN4S. The molecule has 2 aromatic heterocycles. The molecule has 1 atom stereocenters. The van der Waals surface area contributed by atoms with Crippen molar-refractivity contribution in [2.75, 3.05) is 6.54 Å². The molecule has 0 bridgehead atoms. The molecular weight excluding hydrogens is 312 g/mol. The van der Waals surface area contributed by atoms with E-state index in [0.29, 0.717) is 6.04 Å². The van der Waals surface area contributed by atoms with Crippen molar-refractivity contribution in [3.63, 3.8) is 0 Å². The zero-order valence-corrected chi connectivity index (χ0v) is 13.0. The summed E-state index contributed by atoms with van der Waals surface area (Å²) in [6, 6.07) is 2.48. The maximum atomic E-state index is 4.35. The van der Waals surface area contributed by atoms with Gasteiger partial charge in [0.05, 0.1) is 0 Å². The van der Waals surface area contributed by atoms with E-state index in [4.69, 9.17) is 0 Å². The van der Waals surface area contributed by atoms with Crippen LogP contribution in [0.5, 0.6) is 0 Å². The molecule has 0 aliphatic carbocycles. The van der Waals surface area contributed by atoms with Gasteiger partial charge in [-0.15, -0.1) is 11.3 Å². The molecule has 1 N–H and O–H groups in total. The van der Waals surface area contributed by atoms with Crippen LogP contribution in [0.1, 0.15) is 30.6 Å². The summed E-state index contributed by atoms with van der Waals surface area (Å²) in [5, 5.41) is 9.84. The normalized spacial score (nSPS) is 12.8. The van der Waals surface area contributed by atoms with E-state index in [2.05, 4.69) is 56.6 Å². The Morgan fingerprint density at radius 2 is 2.33 bits per heavy atom. The lowest BCUT2D eigenvalue weighted by atomic mass is 10.1. The molecule has 2 rings (SSSR count). The minimum Gasteiger partial charge on any atom is -0.309 e. The highest BCUT2D eigenvalue weighted by atomic mass is 79.9. The SMILES string of the molecule is CCNC(Cc1ncnn1CC)c1cc(Br)cs1. The zero-order valence-electron chi connectivity index (χ0n) is 10.6. The predicted molar refractivity (Wildman–Crippen MR) is 77.8 cm³/mol. The quantitative estimate of drug-likeness (QED) is 0.886. The Morgan fingerprint density at radius 3 is 2.94 bits per heavy atom. The number of nitrogens with zero attached hydrogens (tertiary/aromatic N) is 3. The topological polar surface area (TPSA) is 42.7 Å². The molecule has 0 aliphatic heterocycles. The van der Waals surface area contributed by atoms with Crippen LogP contribution < -0.4 is 5.32 Å². The van der Waals surface area contributed by atoms with Gasteiger partial charge in [-0.1, -0.05) is 6.92 Å². The minimum atomic E-state index is 0.306. The van der Waals surface area contributed by atoms with Crippen molar-refractivity contribution >= 4 is 27.3 Å². The third-order valence-electron chi connectivity index (χ3n) is 2.76. The highest BCUT2D eigenvalue weighted by Gasteiger charge is 2.16. The lowest BCUT2D eigenvalue weighted by molar-refractivity contribution is 0.515. The smallest absolute Gasteiger partial charge is 0.138 e. The van der Waals surface area contributed by atoms with Crippen LogP contribution in [-0.4, -0.2) is 21.3 Å². The number of likely N-dealkylation sites (N-methyl/N-ethyl adjacent to an activating group) is 1. The van der Waals surface area contributed by atoms with E-state index in [1.807, 2.05) is 4.68 Å². The van der Waals surface area contributed by atoms with Crippen molar-refractivity contribution in [1.29, 1.82) is 0 Å². The van der Waals surface area contributed by atoms with Crippen molar-refractivity contribution < 1.29 is 0 Å². The molecule has 98 valence electrons. The van der Waals surface area contributed by atoms with Gasteiger partial charge in [-0.25, -0.2) is 4.98 Å². The van der Waals surface area contributed by atoms with Gasteiger partial charge in [-0.3, -0.25) is 4.68 Å². The fraction of sp³-hybridized carbons (Fsp3) is 0.500. The number of aryl methyl sites for hydroxylation is 1. The minimum absolute atomic E-state index is 0.306. The van der Waals surface area contributed by atoms with Crippen LogP contribution >= 0.6 is 27.3 Å². The van der Waals surface area contributed by atoms with Crippen LogP contribution in [0.25, 0.3) is 0 Å². The van der Waals surface area contributed by atoms with Gasteiger partial charge in [-0.05, 0) is 35.5 Å². The predicted octanol–water partition coefficient (Wildman–Crippen LogP) is 3.02. The second kappa shape index (κ2) is 6.45. The van der Waals surface area contributed by atoms with Crippen LogP contribution in [0.4, 0.5) is 0 Å². The van der Waals surface area contributed by atoms with Crippen LogP contribution in [0, 0.1) is 0 Å². The fourth-order valence-corrected chi connectivity index (χ4v) is 3.44. The van der Waals surface area contributed by atoms with Crippen molar-refractivity contribution in [3.8, 4) is 0 Å². The summed E-state index contributed by atoms with van der Waals surface area (Å²) in [6.45, 7) is 6.02. The second-order valence-electron chi connectivity index (χ2n) is 3.97. The maximum absolute atomic E-state index is 4.35. The molecule has 1 unspecified atom stereocenters. The van der Waals surface area contributed by atoms with Gasteiger partial charge in [0.2, 0.25) is 0 Å². The van der Waals surface area contributed by atoms with E-state index in [0.717, 1.165) is 29.8 Å². The summed E-state index contributed by atoms with van der Waals surface area (Å²) < 4.78 is 3.09. The van der Waals surface area contributed by atoms with Gasteiger partial charge in [0.25, 0.3) is 0 Å². The van der Waals surface area contributed by atoms with Crippen LogP contribution in [0.15, 0.2) is 22.2 Å². The number of thiophene rings is 1. The number of aromatic nitrogens is 3. The number of halogens is 1. The molecule has 0 saturated heterocycles. The van der Waals surface area contributed by atoms with Gasteiger partial charge in [0.15, 0.2) is 0 Å². The first-order valence-electron chi connectivity index (χ1n) is 6.08.